The van der Waals surface area contributed by atoms with Crippen LogP contribution in [0.25, 0.3) is 0 Å². The summed E-state index contributed by atoms with van der Waals surface area (Å²) >= 11 is 0. The lowest BCUT2D eigenvalue weighted by Gasteiger charge is -2.49. The molecule has 0 spiro atoms. The van der Waals surface area contributed by atoms with Crippen LogP contribution in [0.15, 0.2) is 0 Å². The summed E-state index contributed by atoms with van der Waals surface area (Å²) < 4.78 is 0. The molecule has 0 unspecified atom stereocenters. The lowest BCUT2D eigenvalue weighted by atomic mass is 9.62. The van der Waals surface area contributed by atoms with Crippen LogP contribution in [0.4, 0.5) is 0 Å². The lowest BCUT2D eigenvalue weighted by molar-refractivity contribution is 0.0165. The van der Waals surface area contributed by atoms with Gasteiger partial charge in [0.05, 0.1) is 0 Å². The van der Waals surface area contributed by atoms with Gasteiger partial charge in [0.1, 0.15) is 0 Å². The van der Waals surface area contributed by atoms with Crippen molar-refractivity contribution in [3.8, 4) is 0 Å². The predicted octanol–water partition coefficient (Wildman–Crippen LogP) is 1.72. The van der Waals surface area contributed by atoms with Crippen molar-refractivity contribution < 1.29 is 0 Å². The van der Waals surface area contributed by atoms with E-state index < -0.39 is 0 Å². The van der Waals surface area contributed by atoms with E-state index in [4.69, 9.17) is 0 Å². The van der Waals surface area contributed by atoms with E-state index in [9.17, 15) is 0 Å². The molecule has 1 N–H and O–H groups in total. The Hall–Kier alpha value is -0.0800. The third kappa shape index (κ3) is 1.96. The van der Waals surface area contributed by atoms with E-state index in [0.717, 1.165) is 5.92 Å². The van der Waals surface area contributed by atoms with Crippen LogP contribution < -0.4 is 5.32 Å². The first-order valence-corrected chi connectivity index (χ1v) is 6.16. The Bertz CT molecular complexity index is 179. The van der Waals surface area contributed by atoms with E-state index in [2.05, 4.69) is 24.1 Å². The summed E-state index contributed by atoms with van der Waals surface area (Å²) in [6.45, 7) is 11.1. The zero-order chi connectivity index (χ0) is 10.0. The zero-order valence-corrected chi connectivity index (χ0v) is 9.68. The van der Waals surface area contributed by atoms with Crippen LogP contribution in [0, 0.1) is 11.3 Å². The standard InChI is InChI=1S/C12H24N2/c1-11(2)12(4-3-5-12)10-14-8-6-13-7-9-14/h11,13H,3-10H2,1-2H3. The average Bonchev–Trinajstić information content (AvgIpc) is 2.12. The van der Waals surface area contributed by atoms with Gasteiger partial charge in [-0.15, -0.1) is 0 Å². The van der Waals surface area contributed by atoms with Gasteiger partial charge >= 0.3 is 0 Å². The maximum absolute atomic E-state index is 3.42. The van der Waals surface area contributed by atoms with Crippen molar-refractivity contribution in [1.29, 1.82) is 0 Å². The first-order chi connectivity index (χ1) is 6.73. The van der Waals surface area contributed by atoms with Crippen molar-refractivity contribution in [2.75, 3.05) is 32.7 Å². The highest BCUT2D eigenvalue weighted by Crippen LogP contribution is 2.47. The summed E-state index contributed by atoms with van der Waals surface area (Å²) in [5.41, 5.74) is 0.678. The third-order valence-electron chi connectivity index (χ3n) is 4.32. The summed E-state index contributed by atoms with van der Waals surface area (Å²) in [7, 11) is 0. The molecule has 2 nitrogen and oxygen atoms in total. The first kappa shape index (κ1) is 10.4. The molecule has 1 aliphatic heterocycles. The second-order valence-corrected chi connectivity index (χ2v) is 5.40. The van der Waals surface area contributed by atoms with Crippen molar-refractivity contribution in [3.05, 3.63) is 0 Å². The summed E-state index contributed by atoms with van der Waals surface area (Å²) in [5.74, 6) is 0.867. The quantitative estimate of drug-likeness (QED) is 0.739. The number of nitrogens with zero attached hydrogens (tertiary/aromatic N) is 1. The first-order valence-electron chi connectivity index (χ1n) is 6.16. The molecule has 0 aromatic heterocycles. The van der Waals surface area contributed by atoms with E-state index in [0.29, 0.717) is 5.41 Å². The van der Waals surface area contributed by atoms with Gasteiger partial charge in [0, 0.05) is 32.7 Å². The molecule has 2 rings (SSSR count). The van der Waals surface area contributed by atoms with Crippen LogP contribution in [0.1, 0.15) is 33.1 Å². The summed E-state index contributed by atoms with van der Waals surface area (Å²) in [4.78, 5) is 2.66. The Balaban J connectivity index is 1.87. The number of rotatable bonds is 3. The molecule has 0 aromatic rings. The minimum atomic E-state index is 0.678. The molecule has 0 radical (unpaired) electrons. The van der Waals surface area contributed by atoms with Crippen LogP contribution in [-0.4, -0.2) is 37.6 Å². The fraction of sp³-hybridized carbons (Fsp3) is 1.00. The predicted molar refractivity (Wildman–Crippen MR) is 60.4 cm³/mol. The molecule has 1 saturated heterocycles. The molecule has 2 heteroatoms. The third-order valence-corrected chi connectivity index (χ3v) is 4.32. The van der Waals surface area contributed by atoms with Crippen molar-refractivity contribution in [3.63, 3.8) is 0 Å². The van der Waals surface area contributed by atoms with Crippen LogP contribution in [0.3, 0.4) is 0 Å². The Labute approximate surface area is 88.1 Å². The molecule has 1 heterocycles. The van der Waals surface area contributed by atoms with E-state index in [1.165, 1.54) is 52.0 Å². The van der Waals surface area contributed by atoms with E-state index in [1.807, 2.05) is 0 Å². The number of hydrogen-bond acceptors (Lipinski definition) is 2. The Kier molecular flexibility index (Phi) is 3.13. The van der Waals surface area contributed by atoms with Gasteiger partial charge in [0.15, 0.2) is 0 Å². The second kappa shape index (κ2) is 4.19. The van der Waals surface area contributed by atoms with Crippen LogP contribution in [0.2, 0.25) is 0 Å². The zero-order valence-electron chi connectivity index (χ0n) is 9.68. The Morgan fingerprint density at radius 3 is 2.29 bits per heavy atom. The average molecular weight is 196 g/mol. The second-order valence-electron chi connectivity index (χ2n) is 5.40. The normalized spacial score (nSPS) is 27.6. The summed E-state index contributed by atoms with van der Waals surface area (Å²) in [6.07, 6.45) is 4.40. The van der Waals surface area contributed by atoms with Crippen molar-refractivity contribution in [2.45, 2.75) is 33.1 Å². The minimum Gasteiger partial charge on any atom is -0.314 e. The molecule has 1 saturated carbocycles. The summed E-state index contributed by atoms with van der Waals surface area (Å²) in [6, 6.07) is 0. The van der Waals surface area contributed by atoms with Gasteiger partial charge < -0.3 is 10.2 Å². The van der Waals surface area contributed by atoms with Crippen LogP contribution >= 0.6 is 0 Å². The highest BCUT2D eigenvalue weighted by atomic mass is 15.2. The smallest absolute Gasteiger partial charge is 0.0108 e. The van der Waals surface area contributed by atoms with E-state index in [-0.39, 0.29) is 0 Å². The Morgan fingerprint density at radius 1 is 1.21 bits per heavy atom. The maximum atomic E-state index is 3.42. The largest absolute Gasteiger partial charge is 0.314 e. The number of nitrogens with one attached hydrogen (secondary N) is 1. The van der Waals surface area contributed by atoms with E-state index >= 15 is 0 Å². The van der Waals surface area contributed by atoms with Gasteiger partial charge in [0.2, 0.25) is 0 Å². The molecule has 2 aliphatic rings. The highest BCUT2D eigenvalue weighted by molar-refractivity contribution is 4.93. The van der Waals surface area contributed by atoms with Gasteiger partial charge in [-0.25, -0.2) is 0 Å². The molecule has 0 amide bonds. The van der Waals surface area contributed by atoms with E-state index in [1.54, 1.807) is 0 Å². The number of piperazine rings is 1. The van der Waals surface area contributed by atoms with Gasteiger partial charge in [0.25, 0.3) is 0 Å². The van der Waals surface area contributed by atoms with Crippen molar-refractivity contribution >= 4 is 0 Å². The number of hydrogen-bond donors (Lipinski definition) is 1. The van der Waals surface area contributed by atoms with Crippen LogP contribution in [0.5, 0.6) is 0 Å². The SMILES string of the molecule is CC(C)C1(CN2CCNCC2)CCC1. The molecule has 0 aromatic carbocycles. The molecule has 2 fully saturated rings. The molecule has 82 valence electrons. The maximum Gasteiger partial charge on any atom is 0.0108 e. The molecular weight excluding hydrogens is 172 g/mol. The fourth-order valence-corrected chi connectivity index (χ4v) is 2.86. The minimum absolute atomic E-state index is 0.678. The monoisotopic (exact) mass is 196 g/mol. The van der Waals surface area contributed by atoms with Crippen molar-refractivity contribution in [1.82, 2.24) is 10.2 Å². The fourth-order valence-electron chi connectivity index (χ4n) is 2.86. The molecule has 0 bridgehead atoms. The Morgan fingerprint density at radius 2 is 1.86 bits per heavy atom. The van der Waals surface area contributed by atoms with Gasteiger partial charge in [-0.2, -0.15) is 0 Å². The topological polar surface area (TPSA) is 15.3 Å². The van der Waals surface area contributed by atoms with Gasteiger partial charge in [-0.1, -0.05) is 20.3 Å². The van der Waals surface area contributed by atoms with Gasteiger partial charge in [-0.05, 0) is 24.2 Å². The lowest BCUT2D eigenvalue weighted by Crippen LogP contribution is -2.51. The molecule has 0 atom stereocenters. The van der Waals surface area contributed by atoms with Crippen LogP contribution in [-0.2, 0) is 0 Å². The highest BCUT2D eigenvalue weighted by Gasteiger charge is 2.40. The van der Waals surface area contributed by atoms with Gasteiger partial charge in [-0.3, -0.25) is 0 Å². The molecular formula is C12H24N2. The summed E-state index contributed by atoms with van der Waals surface area (Å²) in [5, 5.41) is 3.42. The molecule has 14 heavy (non-hydrogen) atoms. The van der Waals surface area contributed by atoms with Crippen molar-refractivity contribution in [2.24, 2.45) is 11.3 Å². The molecule has 1 aliphatic carbocycles.